The minimum atomic E-state index is 0.768. The van der Waals surface area contributed by atoms with E-state index in [0.717, 1.165) is 26.1 Å². The topological polar surface area (TPSA) is 29.3 Å². The molecule has 0 aliphatic rings. The Balaban J connectivity index is 2.41. The Bertz CT molecular complexity index is 332. The summed E-state index contributed by atoms with van der Waals surface area (Å²) in [6.07, 6.45) is 10.7. The predicted octanol–water partition coefficient (Wildman–Crippen LogP) is 3.89. The van der Waals surface area contributed by atoms with E-state index >= 15 is 0 Å². The molecule has 0 saturated carbocycles. The van der Waals surface area contributed by atoms with Gasteiger partial charge < -0.3 is 10.6 Å². The summed E-state index contributed by atoms with van der Waals surface area (Å²) in [5.74, 6) is 0. The molecular formula is C17H28N2. The van der Waals surface area contributed by atoms with Gasteiger partial charge in [-0.25, -0.2) is 0 Å². The predicted molar refractivity (Wildman–Crippen MR) is 84.9 cm³/mol. The van der Waals surface area contributed by atoms with Crippen molar-refractivity contribution in [3.8, 4) is 0 Å². The number of hydrogen-bond acceptors (Lipinski definition) is 2. The second kappa shape index (κ2) is 10.6. The van der Waals surface area contributed by atoms with Crippen LogP contribution in [0.1, 0.15) is 44.6 Å². The molecule has 0 unspecified atom stereocenters. The Labute approximate surface area is 118 Å². The van der Waals surface area contributed by atoms with E-state index < -0.39 is 0 Å². The number of rotatable bonds is 10. The summed E-state index contributed by atoms with van der Waals surface area (Å²) in [7, 11) is 0. The second-order valence-electron chi connectivity index (χ2n) is 4.97. The minimum absolute atomic E-state index is 0.768. The van der Waals surface area contributed by atoms with Gasteiger partial charge in [-0.05, 0) is 37.2 Å². The van der Waals surface area contributed by atoms with Gasteiger partial charge in [0.25, 0.3) is 0 Å². The minimum Gasteiger partial charge on any atom is -0.377 e. The van der Waals surface area contributed by atoms with Gasteiger partial charge in [0.2, 0.25) is 0 Å². The molecule has 106 valence electrons. The molecule has 0 heterocycles. The monoisotopic (exact) mass is 260 g/mol. The molecule has 19 heavy (non-hydrogen) atoms. The van der Waals surface area contributed by atoms with Gasteiger partial charge in [-0.15, -0.1) is 0 Å². The number of unbranched alkanes of at least 4 members (excludes halogenated alkanes) is 3. The highest BCUT2D eigenvalue weighted by Gasteiger charge is 1.98. The fourth-order valence-corrected chi connectivity index (χ4v) is 2.05. The maximum Gasteiger partial charge on any atom is 0.0184 e. The van der Waals surface area contributed by atoms with E-state index in [1.165, 1.54) is 31.2 Å². The molecule has 0 fully saturated rings. The molecule has 0 aliphatic heterocycles. The first-order valence-electron chi connectivity index (χ1n) is 7.54. The van der Waals surface area contributed by atoms with Crippen molar-refractivity contribution in [2.45, 2.75) is 39.0 Å². The van der Waals surface area contributed by atoms with E-state index in [1.807, 2.05) is 6.07 Å². The van der Waals surface area contributed by atoms with Crippen LogP contribution in [0.5, 0.6) is 0 Å². The van der Waals surface area contributed by atoms with Crippen LogP contribution in [0.25, 0.3) is 6.08 Å². The number of hydrogen-bond donors (Lipinski definition) is 1. The van der Waals surface area contributed by atoms with Gasteiger partial charge in [0, 0.05) is 13.1 Å². The first-order valence-corrected chi connectivity index (χ1v) is 7.54. The summed E-state index contributed by atoms with van der Waals surface area (Å²) in [4.78, 5) is 2.40. The Morgan fingerprint density at radius 1 is 1.00 bits per heavy atom. The molecule has 1 aromatic carbocycles. The maximum absolute atomic E-state index is 5.61. The molecular weight excluding hydrogens is 232 g/mol. The molecule has 0 radical (unpaired) electrons. The van der Waals surface area contributed by atoms with E-state index in [1.54, 1.807) is 0 Å². The molecule has 0 aromatic heterocycles. The molecule has 2 heteroatoms. The summed E-state index contributed by atoms with van der Waals surface area (Å²) in [5.41, 5.74) is 6.87. The zero-order chi connectivity index (χ0) is 13.8. The molecule has 0 saturated heterocycles. The van der Waals surface area contributed by atoms with Crippen molar-refractivity contribution in [3.05, 3.63) is 42.1 Å². The lowest BCUT2D eigenvalue weighted by Crippen LogP contribution is -2.22. The van der Waals surface area contributed by atoms with Crippen molar-refractivity contribution in [1.82, 2.24) is 4.90 Å². The van der Waals surface area contributed by atoms with Crippen LogP contribution in [0.3, 0.4) is 0 Å². The molecule has 0 spiro atoms. The molecule has 0 amide bonds. The normalized spacial score (nSPS) is 11.1. The van der Waals surface area contributed by atoms with Gasteiger partial charge in [-0.3, -0.25) is 0 Å². The van der Waals surface area contributed by atoms with E-state index in [4.69, 9.17) is 5.73 Å². The second-order valence-corrected chi connectivity index (χ2v) is 4.97. The standard InChI is InChI=1S/C17H28N2/c1-2-3-4-8-14-19(15-9-13-18)16-12-17-10-6-5-7-11-17/h5-7,10-12,16H,2-4,8-9,13-15,18H2,1H3. The molecule has 0 atom stereocenters. The van der Waals surface area contributed by atoms with Crippen molar-refractivity contribution in [3.63, 3.8) is 0 Å². The fraction of sp³-hybridized carbons (Fsp3) is 0.529. The zero-order valence-corrected chi connectivity index (χ0v) is 12.2. The Morgan fingerprint density at radius 3 is 2.42 bits per heavy atom. The average molecular weight is 260 g/mol. The Hall–Kier alpha value is -1.28. The highest BCUT2D eigenvalue weighted by Crippen LogP contribution is 2.06. The fourth-order valence-electron chi connectivity index (χ4n) is 2.05. The van der Waals surface area contributed by atoms with Crippen LogP contribution < -0.4 is 5.73 Å². The van der Waals surface area contributed by atoms with Gasteiger partial charge in [-0.1, -0.05) is 56.5 Å². The van der Waals surface area contributed by atoms with Crippen molar-refractivity contribution in [2.24, 2.45) is 5.73 Å². The lowest BCUT2D eigenvalue weighted by Gasteiger charge is -2.20. The first-order chi connectivity index (χ1) is 9.36. The van der Waals surface area contributed by atoms with Crippen molar-refractivity contribution < 1.29 is 0 Å². The molecule has 2 nitrogen and oxygen atoms in total. The van der Waals surface area contributed by atoms with Crippen LogP contribution in [0.4, 0.5) is 0 Å². The summed E-state index contributed by atoms with van der Waals surface area (Å²) in [5, 5.41) is 0. The third-order valence-electron chi connectivity index (χ3n) is 3.23. The van der Waals surface area contributed by atoms with Gasteiger partial charge in [-0.2, -0.15) is 0 Å². The van der Waals surface area contributed by atoms with Crippen molar-refractivity contribution >= 4 is 6.08 Å². The summed E-state index contributed by atoms with van der Waals surface area (Å²) in [6.45, 7) is 5.22. The van der Waals surface area contributed by atoms with Crippen molar-refractivity contribution in [2.75, 3.05) is 19.6 Å². The molecule has 1 rings (SSSR count). The zero-order valence-electron chi connectivity index (χ0n) is 12.2. The third kappa shape index (κ3) is 7.68. The van der Waals surface area contributed by atoms with Gasteiger partial charge in [0.1, 0.15) is 0 Å². The quantitative estimate of drug-likeness (QED) is 0.647. The molecule has 0 aliphatic carbocycles. The summed E-state index contributed by atoms with van der Waals surface area (Å²) >= 11 is 0. The number of nitrogens with zero attached hydrogens (tertiary/aromatic N) is 1. The highest BCUT2D eigenvalue weighted by molar-refractivity contribution is 5.48. The number of benzene rings is 1. The van der Waals surface area contributed by atoms with E-state index in [-0.39, 0.29) is 0 Å². The smallest absolute Gasteiger partial charge is 0.0184 e. The van der Waals surface area contributed by atoms with Crippen LogP contribution in [-0.2, 0) is 0 Å². The van der Waals surface area contributed by atoms with Crippen LogP contribution in [0.2, 0.25) is 0 Å². The third-order valence-corrected chi connectivity index (χ3v) is 3.23. The SMILES string of the molecule is CCCCCCN(C=Cc1ccccc1)CCCN. The molecule has 0 bridgehead atoms. The molecule has 1 aromatic rings. The van der Waals surface area contributed by atoms with Crippen LogP contribution in [0, 0.1) is 0 Å². The first kappa shape index (κ1) is 15.8. The van der Waals surface area contributed by atoms with Crippen LogP contribution in [-0.4, -0.2) is 24.5 Å². The largest absolute Gasteiger partial charge is 0.377 e. The van der Waals surface area contributed by atoms with Gasteiger partial charge >= 0.3 is 0 Å². The summed E-state index contributed by atoms with van der Waals surface area (Å²) < 4.78 is 0. The highest BCUT2D eigenvalue weighted by atomic mass is 15.1. The summed E-state index contributed by atoms with van der Waals surface area (Å²) in [6, 6.07) is 10.5. The maximum atomic E-state index is 5.61. The van der Waals surface area contributed by atoms with Gasteiger partial charge in [0.15, 0.2) is 0 Å². The average Bonchev–Trinajstić information content (AvgIpc) is 2.46. The van der Waals surface area contributed by atoms with E-state index in [2.05, 4.69) is 48.4 Å². The Morgan fingerprint density at radius 2 is 1.74 bits per heavy atom. The van der Waals surface area contributed by atoms with Gasteiger partial charge in [0.05, 0.1) is 0 Å². The van der Waals surface area contributed by atoms with Crippen LogP contribution in [0.15, 0.2) is 36.5 Å². The van der Waals surface area contributed by atoms with E-state index in [0.29, 0.717) is 0 Å². The lowest BCUT2D eigenvalue weighted by atomic mass is 10.2. The Kier molecular flexibility index (Phi) is 8.82. The molecule has 2 N–H and O–H groups in total. The van der Waals surface area contributed by atoms with E-state index in [9.17, 15) is 0 Å². The van der Waals surface area contributed by atoms with Crippen molar-refractivity contribution in [1.29, 1.82) is 0 Å². The van der Waals surface area contributed by atoms with Crippen LogP contribution >= 0.6 is 0 Å². The lowest BCUT2D eigenvalue weighted by molar-refractivity contribution is 0.361. The number of nitrogens with two attached hydrogens (primary N) is 1.